The third-order valence-electron chi connectivity index (χ3n) is 5.94. The maximum absolute atomic E-state index is 11.4. The van der Waals surface area contributed by atoms with Gasteiger partial charge in [-0.15, -0.1) is 0 Å². The van der Waals surface area contributed by atoms with Gasteiger partial charge >= 0.3 is 0 Å². The predicted octanol–water partition coefficient (Wildman–Crippen LogP) is 4.29. The third-order valence-corrected chi connectivity index (χ3v) is 5.94. The summed E-state index contributed by atoms with van der Waals surface area (Å²) in [6.45, 7) is 0. The minimum atomic E-state index is -0.917. The number of rotatable bonds is 3. The van der Waals surface area contributed by atoms with Crippen LogP contribution in [-0.4, -0.2) is 19.7 Å². The summed E-state index contributed by atoms with van der Waals surface area (Å²) in [5.41, 5.74) is 0.545. The molecule has 6 rings (SSSR count). The van der Waals surface area contributed by atoms with Crippen molar-refractivity contribution >= 4 is 17.1 Å². The van der Waals surface area contributed by atoms with Gasteiger partial charge in [-0.2, -0.15) is 4.90 Å². The Bertz CT molecular complexity index is 1260. The Morgan fingerprint density at radius 2 is 0.853 bits per heavy atom. The number of non-ortho nitro benzene ring substituents is 3. The Labute approximate surface area is 189 Å². The molecule has 3 heterocycles. The number of nitro groups is 3. The molecule has 34 heavy (non-hydrogen) atoms. The van der Waals surface area contributed by atoms with Crippen LogP contribution in [0.15, 0.2) is 54.6 Å². The Balaban J connectivity index is 1.58. The Kier molecular flexibility index (Phi) is 4.01. The molecule has 3 aromatic carbocycles. The lowest BCUT2D eigenvalue weighted by Crippen LogP contribution is -2.50. The second-order valence-electron chi connectivity index (χ2n) is 7.80. The lowest BCUT2D eigenvalue weighted by atomic mass is 9.98. The van der Waals surface area contributed by atoms with Gasteiger partial charge in [0.25, 0.3) is 17.1 Å². The molecule has 3 aliphatic rings. The number of hydrogen-bond acceptors (Lipinski definition) is 10. The van der Waals surface area contributed by atoms with Gasteiger partial charge in [0.15, 0.2) is 18.7 Å². The fourth-order valence-electron chi connectivity index (χ4n) is 4.43. The number of nitro benzene ring substituents is 3. The normalized spacial score (nSPS) is 21.4. The highest BCUT2D eigenvalue weighted by Crippen LogP contribution is 2.57. The van der Waals surface area contributed by atoms with Crippen LogP contribution in [0.1, 0.15) is 35.4 Å². The standard InChI is InChI=1S/C21H12N4O9/c26-23(27)10-1-4-16-13(7-10)19-22-20(32-16)14-8-11(24(28)29)2-5-17(14)34-21(22)15-9-12(25(30)31)3-6-18(15)33-19/h1-9,19-21H/t19-,20-,21-/m0/s1. The fraction of sp³-hybridized carbons (Fsp3) is 0.143. The van der Waals surface area contributed by atoms with Crippen molar-refractivity contribution < 1.29 is 29.0 Å². The fourth-order valence-corrected chi connectivity index (χ4v) is 4.43. The van der Waals surface area contributed by atoms with Gasteiger partial charge < -0.3 is 14.2 Å². The summed E-state index contributed by atoms with van der Waals surface area (Å²) >= 11 is 0. The molecule has 0 spiro atoms. The van der Waals surface area contributed by atoms with E-state index in [0.717, 1.165) is 0 Å². The van der Waals surface area contributed by atoms with E-state index in [4.69, 9.17) is 14.2 Å². The molecule has 0 unspecified atom stereocenters. The van der Waals surface area contributed by atoms with Gasteiger partial charge in [0.05, 0.1) is 31.5 Å². The molecule has 0 aliphatic carbocycles. The number of fused-ring (bicyclic) bond motifs is 6. The van der Waals surface area contributed by atoms with Crippen molar-refractivity contribution in [1.29, 1.82) is 0 Å². The average molecular weight is 464 g/mol. The topological polar surface area (TPSA) is 160 Å². The summed E-state index contributed by atoms with van der Waals surface area (Å²) in [5, 5.41) is 34.1. The number of benzene rings is 3. The molecule has 0 N–H and O–H groups in total. The van der Waals surface area contributed by atoms with Crippen molar-refractivity contribution in [2.24, 2.45) is 0 Å². The summed E-state index contributed by atoms with van der Waals surface area (Å²) in [6, 6.07) is 12.2. The van der Waals surface area contributed by atoms with Gasteiger partial charge in [-0.05, 0) is 18.2 Å². The molecule has 3 aromatic rings. The van der Waals surface area contributed by atoms with Crippen LogP contribution in [-0.2, 0) is 0 Å². The van der Waals surface area contributed by atoms with Crippen LogP contribution in [0.5, 0.6) is 17.2 Å². The van der Waals surface area contributed by atoms with E-state index in [1.807, 2.05) is 0 Å². The minimum absolute atomic E-state index is 0.176. The van der Waals surface area contributed by atoms with Crippen molar-refractivity contribution in [3.63, 3.8) is 0 Å². The van der Waals surface area contributed by atoms with Gasteiger partial charge in [-0.3, -0.25) is 30.3 Å². The van der Waals surface area contributed by atoms with E-state index in [2.05, 4.69) is 0 Å². The molecular weight excluding hydrogens is 452 g/mol. The molecule has 170 valence electrons. The molecule has 3 aliphatic heterocycles. The van der Waals surface area contributed by atoms with Crippen molar-refractivity contribution in [1.82, 2.24) is 4.90 Å². The number of ether oxygens (including phenoxy) is 3. The van der Waals surface area contributed by atoms with E-state index < -0.39 is 33.5 Å². The first kappa shape index (κ1) is 19.9. The smallest absolute Gasteiger partial charge is 0.270 e. The molecule has 13 nitrogen and oxygen atoms in total. The van der Waals surface area contributed by atoms with Crippen molar-refractivity contribution in [2.45, 2.75) is 18.7 Å². The largest absolute Gasteiger partial charge is 0.470 e. The van der Waals surface area contributed by atoms with Crippen LogP contribution in [0.2, 0.25) is 0 Å². The predicted molar refractivity (Wildman–Crippen MR) is 111 cm³/mol. The second-order valence-corrected chi connectivity index (χ2v) is 7.80. The monoisotopic (exact) mass is 464 g/mol. The lowest BCUT2D eigenvalue weighted by molar-refractivity contribution is -0.385. The molecule has 3 atom stereocenters. The van der Waals surface area contributed by atoms with Gasteiger partial charge in [-0.25, -0.2) is 0 Å². The van der Waals surface area contributed by atoms with Crippen LogP contribution in [0.25, 0.3) is 0 Å². The number of hydrogen-bond donors (Lipinski definition) is 0. The summed E-state index contributed by atoms with van der Waals surface area (Å²) in [6.07, 6.45) is -2.75. The molecule has 0 aromatic heterocycles. The summed E-state index contributed by atoms with van der Waals surface area (Å²) in [4.78, 5) is 34.1. The maximum atomic E-state index is 11.4. The zero-order valence-electron chi connectivity index (χ0n) is 16.9. The van der Waals surface area contributed by atoms with Gasteiger partial charge in [0.1, 0.15) is 17.2 Å². The van der Waals surface area contributed by atoms with Crippen LogP contribution < -0.4 is 14.2 Å². The highest BCUT2D eigenvalue weighted by atomic mass is 16.6. The zero-order chi connectivity index (χ0) is 23.7. The van der Waals surface area contributed by atoms with Crippen molar-refractivity contribution in [3.8, 4) is 17.2 Å². The van der Waals surface area contributed by atoms with Crippen LogP contribution in [0, 0.1) is 30.3 Å². The highest BCUT2D eigenvalue weighted by Gasteiger charge is 2.52. The summed E-state index contributed by atoms with van der Waals surface area (Å²) in [5.74, 6) is 0.918. The molecule has 0 radical (unpaired) electrons. The van der Waals surface area contributed by atoms with E-state index in [1.165, 1.54) is 54.6 Å². The Hall–Kier alpha value is -4.78. The van der Waals surface area contributed by atoms with Crippen LogP contribution in [0.4, 0.5) is 17.1 Å². The molecule has 0 bridgehead atoms. The van der Waals surface area contributed by atoms with Gasteiger partial charge in [-0.1, -0.05) is 0 Å². The van der Waals surface area contributed by atoms with Crippen molar-refractivity contribution in [3.05, 3.63) is 102 Å². The first-order chi connectivity index (χ1) is 16.3. The Morgan fingerprint density at radius 1 is 0.559 bits per heavy atom. The van der Waals surface area contributed by atoms with E-state index in [9.17, 15) is 30.3 Å². The van der Waals surface area contributed by atoms with E-state index in [0.29, 0.717) is 33.9 Å². The SMILES string of the molecule is O=[N+]([O-])c1ccc2c(c1)[C@@H]1Oc3ccc([N+](=O)[O-])cc3[C@@H]3Oc4ccc([N+](=O)[O-])cc4[C@H](O2)N13. The lowest BCUT2D eigenvalue weighted by Gasteiger charge is -2.51. The Morgan fingerprint density at radius 3 is 1.12 bits per heavy atom. The molecule has 13 heteroatoms. The average Bonchev–Trinajstić information content (AvgIpc) is 2.83. The molecule has 0 amide bonds. The van der Waals surface area contributed by atoms with Gasteiger partial charge in [0.2, 0.25) is 0 Å². The zero-order valence-corrected chi connectivity index (χ0v) is 16.9. The highest BCUT2D eigenvalue weighted by molar-refractivity contribution is 5.54. The third kappa shape index (κ3) is 2.77. The molecule has 0 saturated carbocycles. The molecule has 0 saturated heterocycles. The summed E-state index contributed by atoms with van der Waals surface area (Å²) in [7, 11) is 0. The van der Waals surface area contributed by atoms with Crippen LogP contribution >= 0.6 is 0 Å². The maximum Gasteiger partial charge on any atom is 0.270 e. The first-order valence-electron chi connectivity index (χ1n) is 9.94. The van der Waals surface area contributed by atoms with Gasteiger partial charge in [0, 0.05) is 36.4 Å². The van der Waals surface area contributed by atoms with E-state index in [-0.39, 0.29) is 17.1 Å². The van der Waals surface area contributed by atoms with Crippen molar-refractivity contribution in [2.75, 3.05) is 0 Å². The van der Waals surface area contributed by atoms with E-state index >= 15 is 0 Å². The minimum Gasteiger partial charge on any atom is -0.470 e. The quantitative estimate of drug-likeness (QED) is 0.404. The van der Waals surface area contributed by atoms with E-state index in [1.54, 1.807) is 4.90 Å². The molecular formula is C21H12N4O9. The first-order valence-corrected chi connectivity index (χ1v) is 9.94. The summed E-state index contributed by atoms with van der Waals surface area (Å²) < 4.78 is 18.4. The molecule has 0 fully saturated rings. The second kappa shape index (κ2) is 6.86. The number of nitrogens with zero attached hydrogens (tertiary/aromatic N) is 4. The van der Waals surface area contributed by atoms with Crippen LogP contribution in [0.3, 0.4) is 0 Å².